The minimum absolute atomic E-state index is 0.0518. The fraction of sp³-hybridized carbons (Fsp3) is 0.667. The quantitative estimate of drug-likeness (QED) is 0.675. The van der Waals surface area contributed by atoms with E-state index in [0.717, 1.165) is 24.8 Å². The molecule has 170 valence electrons. The second kappa shape index (κ2) is 7.78. The van der Waals surface area contributed by atoms with E-state index < -0.39 is 11.2 Å². The Morgan fingerprint density at radius 3 is 2.29 bits per heavy atom. The Kier molecular flexibility index (Phi) is 5.54. The maximum Gasteiger partial charge on any atom is 0.410 e. The van der Waals surface area contributed by atoms with E-state index >= 15 is 0 Å². The van der Waals surface area contributed by atoms with Gasteiger partial charge in [0.1, 0.15) is 12.2 Å². The molecule has 31 heavy (non-hydrogen) atoms. The van der Waals surface area contributed by atoms with Crippen molar-refractivity contribution in [2.45, 2.75) is 76.2 Å². The number of rotatable bonds is 6. The molecule has 4 aliphatic rings. The highest BCUT2D eigenvalue weighted by molar-refractivity contribution is 5.82. The van der Waals surface area contributed by atoms with Crippen molar-refractivity contribution >= 4 is 12.1 Å². The molecule has 0 radical (unpaired) electrons. The molecule has 1 aromatic carbocycles. The topological polar surface area (TPSA) is 88.1 Å². The van der Waals surface area contributed by atoms with Gasteiger partial charge in [-0.2, -0.15) is 0 Å². The lowest BCUT2D eigenvalue weighted by Gasteiger charge is -2.69. The number of esters is 1. The van der Waals surface area contributed by atoms with Crippen LogP contribution in [0.25, 0.3) is 0 Å². The van der Waals surface area contributed by atoms with E-state index in [9.17, 15) is 14.7 Å². The lowest BCUT2D eigenvalue weighted by molar-refractivity contribution is -0.208. The van der Waals surface area contributed by atoms with Crippen molar-refractivity contribution in [2.75, 3.05) is 19.6 Å². The largest absolute Gasteiger partial charge is 0.460 e. The Labute approximate surface area is 184 Å². The van der Waals surface area contributed by atoms with Crippen molar-refractivity contribution in [1.82, 2.24) is 10.2 Å². The first-order chi connectivity index (χ1) is 14.5. The molecule has 0 aromatic heterocycles. The van der Waals surface area contributed by atoms with E-state index in [2.05, 4.69) is 5.32 Å². The van der Waals surface area contributed by atoms with Crippen LogP contribution in [0.15, 0.2) is 30.3 Å². The first kappa shape index (κ1) is 22.1. The van der Waals surface area contributed by atoms with Crippen LogP contribution in [0.4, 0.5) is 4.79 Å². The molecule has 1 aromatic rings. The summed E-state index contributed by atoms with van der Waals surface area (Å²) in [6, 6.07) is 9.72. The predicted molar refractivity (Wildman–Crippen MR) is 115 cm³/mol. The zero-order valence-corrected chi connectivity index (χ0v) is 18.8. The fourth-order valence-corrected chi connectivity index (χ4v) is 5.03. The normalized spacial score (nSPS) is 28.8. The molecule has 2 bridgehead atoms. The molecule has 0 atom stereocenters. The Morgan fingerprint density at radius 1 is 1.10 bits per heavy atom. The second-order valence-corrected chi connectivity index (χ2v) is 10.7. The van der Waals surface area contributed by atoms with Crippen molar-refractivity contribution in [3.05, 3.63) is 35.9 Å². The molecular weight excluding hydrogens is 396 g/mol. The number of hydrogen-bond acceptors (Lipinski definition) is 6. The van der Waals surface area contributed by atoms with Gasteiger partial charge in [-0.25, -0.2) is 4.79 Å². The first-order valence-corrected chi connectivity index (χ1v) is 11.2. The standard InChI is InChI=1S/C24H34N2O5/c1-21(2,3)31-20(28)26-11-9-24(29,10-12-26)17-25-23-14-22(15-23,16-23)19(27)30-13-18-7-5-4-6-8-18/h4-8,25,29H,9-17H2,1-3H3. The number of amides is 1. The van der Waals surface area contributed by atoms with Crippen LogP contribution in [0.1, 0.15) is 58.4 Å². The van der Waals surface area contributed by atoms with Gasteiger partial charge in [0, 0.05) is 25.2 Å². The highest BCUT2D eigenvalue weighted by Gasteiger charge is 2.72. The van der Waals surface area contributed by atoms with Gasteiger partial charge in [0.25, 0.3) is 0 Å². The van der Waals surface area contributed by atoms with Gasteiger partial charge < -0.3 is 24.8 Å². The Balaban J connectivity index is 1.18. The third kappa shape index (κ3) is 4.72. The van der Waals surface area contributed by atoms with Crippen molar-refractivity contribution in [3.8, 4) is 0 Å². The van der Waals surface area contributed by atoms with E-state index in [4.69, 9.17) is 9.47 Å². The van der Waals surface area contributed by atoms with Gasteiger partial charge in [-0.15, -0.1) is 0 Å². The highest BCUT2D eigenvalue weighted by atomic mass is 16.6. The Morgan fingerprint density at radius 2 is 1.71 bits per heavy atom. The Bertz CT molecular complexity index is 804. The lowest BCUT2D eigenvalue weighted by Crippen LogP contribution is -2.77. The molecule has 0 spiro atoms. The fourth-order valence-electron chi connectivity index (χ4n) is 5.03. The summed E-state index contributed by atoms with van der Waals surface area (Å²) < 4.78 is 11.0. The summed E-state index contributed by atoms with van der Waals surface area (Å²) in [7, 11) is 0. The van der Waals surface area contributed by atoms with Gasteiger partial charge in [0.2, 0.25) is 0 Å². The average molecular weight is 431 g/mol. The van der Waals surface area contributed by atoms with Crippen LogP contribution in [0.2, 0.25) is 0 Å². The van der Waals surface area contributed by atoms with Crippen LogP contribution in [0.3, 0.4) is 0 Å². The molecule has 1 heterocycles. The van der Waals surface area contributed by atoms with Gasteiger partial charge in [0.15, 0.2) is 0 Å². The highest BCUT2D eigenvalue weighted by Crippen LogP contribution is 2.67. The molecule has 5 rings (SSSR count). The van der Waals surface area contributed by atoms with Gasteiger partial charge >= 0.3 is 12.1 Å². The summed E-state index contributed by atoms with van der Waals surface area (Å²) in [6.45, 7) is 7.31. The smallest absolute Gasteiger partial charge is 0.410 e. The predicted octanol–water partition coefficient (Wildman–Crippen LogP) is 3.00. The zero-order valence-electron chi connectivity index (χ0n) is 18.8. The van der Waals surface area contributed by atoms with E-state index in [-0.39, 0.29) is 23.0 Å². The molecule has 1 saturated heterocycles. The summed E-state index contributed by atoms with van der Waals surface area (Å²) >= 11 is 0. The van der Waals surface area contributed by atoms with E-state index in [1.807, 2.05) is 51.1 Å². The van der Waals surface area contributed by atoms with Crippen LogP contribution < -0.4 is 5.32 Å². The molecular formula is C24H34N2O5. The van der Waals surface area contributed by atoms with Gasteiger partial charge in [-0.05, 0) is 58.4 Å². The van der Waals surface area contributed by atoms with Crippen molar-refractivity contribution in [2.24, 2.45) is 5.41 Å². The molecule has 4 fully saturated rings. The number of hydrogen-bond donors (Lipinski definition) is 2. The molecule has 0 unspecified atom stereocenters. The first-order valence-electron chi connectivity index (χ1n) is 11.2. The van der Waals surface area contributed by atoms with Crippen LogP contribution in [-0.4, -0.2) is 58.4 Å². The van der Waals surface area contributed by atoms with E-state index in [1.54, 1.807) is 4.90 Å². The number of carbonyl (C=O) groups is 2. The SMILES string of the molecule is CC(C)(C)OC(=O)N1CCC(O)(CNC23CC(C(=O)OCc4ccccc4)(C2)C3)CC1. The number of β-amino-alcohol motifs (C(OH)–C–C–N with tert-alkyl or cyclic N) is 1. The second-order valence-electron chi connectivity index (χ2n) is 10.7. The number of likely N-dealkylation sites (tertiary alicyclic amines) is 1. The maximum absolute atomic E-state index is 12.5. The molecule has 3 saturated carbocycles. The van der Waals surface area contributed by atoms with E-state index in [1.165, 1.54) is 0 Å². The Hall–Kier alpha value is -2.12. The van der Waals surface area contributed by atoms with Gasteiger partial charge in [-0.1, -0.05) is 30.3 Å². The summed E-state index contributed by atoms with van der Waals surface area (Å²) in [4.78, 5) is 26.4. The van der Waals surface area contributed by atoms with Crippen molar-refractivity contribution in [3.63, 3.8) is 0 Å². The van der Waals surface area contributed by atoms with Crippen LogP contribution in [-0.2, 0) is 20.9 Å². The summed E-state index contributed by atoms with van der Waals surface area (Å²) in [5.74, 6) is -0.107. The van der Waals surface area contributed by atoms with Crippen LogP contribution >= 0.6 is 0 Å². The van der Waals surface area contributed by atoms with Crippen LogP contribution in [0.5, 0.6) is 0 Å². The van der Waals surface area contributed by atoms with Crippen molar-refractivity contribution < 1.29 is 24.2 Å². The molecule has 7 nitrogen and oxygen atoms in total. The summed E-state index contributed by atoms with van der Waals surface area (Å²) in [5, 5.41) is 14.5. The molecule has 1 aliphatic heterocycles. The number of nitrogens with zero attached hydrogens (tertiary/aromatic N) is 1. The van der Waals surface area contributed by atoms with Crippen LogP contribution in [0, 0.1) is 5.41 Å². The van der Waals surface area contributed by atoms with Gasteiger partial charge in [-0.3, -0.25) is 4.79 Å². The third-order valence-corrected chi connectivity index (χ3v) is 6.81. The number of aliphatic hydroxyl groups is 1. The third-order valence-electron chi connectivity index (χ3n) is 6.81. The summed E-state index contributed by atoms with van der Waals surface area (Å²) in [5.41, 5.74) is -0.756. The lowest BCUT2D eigenvalue weighted by atomic mass is 9.39. The number of ether oxygens (including phenoxy) is 2. The van der Waals surface area contributed by atoms with Gasteiger partial charge in [0.05, 0.1) is 11.0 Å². The molecule has 2 N–H and O–H groups in total. The van der Waals surface area contributed by atoms with Crippen molar-refractivity contribution in [1.29, 1.82) is 0 Å². The number of benzene rings is 1. The molecule has 3 aliphatic carbocycles. The minimum atomic E-state index is -0.838. The molecule has 7 heteroatoms. The zero-order chi connectivity index (χ0) is 22.3. The number of piperidine rings is 1. The summed E-state index contributed by atoms with van der Waals surface area (Å²) in [6.07, 6.45) is 3.02. The number of nitrogens with one attached hydrogen (secondary N) is 1. The minimum Gasteiger partial charge on any atom is -0.460 e. The molecule has 1 amide bonds. The maximum atomic E-state index is 12.5. The number of carbonyl (C=O) groups excluding carboxylic acids is 2. The van der Waals surface area contributed by atoms with E-state index in [0.29, 0.717) is 39.1 Å². The monoisotopic (exact) mass is 430 g/mol. The average Bonchev–Trinajstić information content (AvgIpc) is 2.64.